The zero-order chi connectivity index (χ0) is 24.4. The monoisotopic (exact) mass is 488 g/mol. The summed E-state index contributed by atoms with van der Waals surface area (Å²) in [4.78, 5) is 18.1. The number of halogens is 1. The van der Waals surface area contributed by atoms with E-state index in [2.05, 4.69) is 29.2 Å². The number of benzene rings is 2. The van der Waals surface area contributed by atoms with Gasteiger partial charge in [0.25, 0.3) is 5.91 Å². The number of rotatable bonds is 5. The van der Waals surface area contributed by atoms with Crippen molar-refractivity contribution in [3.8, 4) is 5.69 Å². The zero-order valence-corrected chi connectivity index (χ0v) is 21.3. The lowest BCUT2D eigenvalue weighted by Crippen LogP contribution is -2.51. The van der Waals surface area contributed by atoms with Crippen molar-refractivity contribution >= 4 is 29.7 Å². The highest BCUT2D eigenvalue weighted by atomic mass is 35.5. The Morgan fingerprint density at radius 2 is 1.63 bits per heavy atom. The number of aryl methyl sites for hydroxylation is 1. The third kappa shape index (κ3) is 5.21. The van der Waals surface area contributed by atoms with Crippen LogP contribution in [0.1, 0.15) is 58.6 Å². The summed E-state index contributed by atoms with van der Waals surface area (Å²) in [6, 6.07) is 16.7. The van der Waals surface area contributed by atoms with E-state index in [1.807, 2.05) is 59.8 Å². The molecule has 0 radical (unpaired) electrons. The number of nitrogens with zero attached hydrogens (tertiary/aromatic N) is 4. The normalized spacial score (nSPS) is 17.5. The van der Waals surface area contributed by atoms with Gasteiger partial charge in [-0.05, 0) is 62.1 Å². The highest BCUT2D eigenvalue weighted by Gasteiger charge is 2.30. The van der Waals surface area contributed by atoms with Gasteiger partial charge >= 0.3 is 0 Å². The van der Waals surface area contributed by atoms with Crippen LogP contribution >= 0.6 is 11.6 Å². The van der Waals surface area contributed by atoms with Gasteiger partial charge in [0.05, 0.1) is 22.6 Å². The molecule has 2 heterocycles. The topological polar surface area (TPSA) is 41.4 Å². The largest absolute Gasteiger partial charge is 0.336 e. The van der Waals surface area contributed by atoms with E-state index < -0.39 is 0 Å². The van der Waals surface area contributed by atoms with E-state index in [0.29, 0.717) is 0 Å². The van der Waals surface area contributed by atoms with Gasteiger partial charge < -0.3 is 4.90 Å². The first-order valence-electron chi connectivity index (χ1n) is 12.6. The Morgan fingerprint density at radius 3 is 2.34 bits per heavy atom. The fourth-order valence-electron chi connectivity index (χ4n) is 5.45. The molecule has 0 bridgehead atoms. The molecule has 5 rings (SSSR count). The van der Waals surface area contributed by atoms with Crippen LogP contribution in [-0.4, -0.2) is 57.7 Å². The van der Waals surface area contributed by atoms with Crippen molar-refractivity contribution < 1.29 is 4.79 Å². The average molecular weight is 489 g/mol. The van der Waals surface area contributed by atoms with E-state index in [9.17, 15) is 4.79 Å². The maximum Gasteiger partial charge on any atom is 0.257 e. The van der Waals surface area contributed by atoms with Gasteiger partial charge in [0.2, 0.25) is 0 Å². The summed E-state index contributed by atoms with van der Waals surface area (Å²) in [5.74, 6) is 0.108. The molecule has 1 saturated heterocycles. The van der Waals surface area contributed by atoms with Gasteiger partial charge in [-0.3, -0.25) is 9.69 Å². The molecule has 2 aromatic carbocycles. The maximum absolute atomic E-state index is 13.5. The Bertz CT molecular complexity index is 1220. The van der Waals surface area contributed by atoms with Crippen LogP contribution in [0.25, 0.3) is 17.8 Å². The van der Waals surface area contributed by atoms with Crippen LogP contribution < -0.4 is 0 Å². The first-order valence-corrected chi connectivity index (χ1v) is 13.0. The summed E-state index contributed by atoms with van der Waals surface area (Å²) in [6.45, 7) is 7.48. The minimum Gasteiger partial charge on any atom is -0.336 e. The number of carbonyl (C=O) groups excluding carboxylic acids is 1. The third-order valence-corrected chi connectivity index (χ3v) is 7.65. The van der Waals surface area contributed by atoms with Crippen molar-refractivity contribution in [3.05, 3.63) is 81.6 Å². The third-order valence-electron chi connectivity index (χ3n) is 7.40. The molecule has 1 aromatic heterocycles. The van der Waals surface area contributed by atoms with Crippen LogP contribution in [0.15, 0.2) is 48.5 Å². The Kier molecular flexibility index (Phi) is 7.07. The summed E-state index contributed by atoms with van der Waals surface area (Å²) in [6.07, 6.45) is 9.46. The van der Waals surface area contributed by atoms with Gasteiger partial charge in [-0.25, -0.2) is 4.68 Å². The summed E-state index contributed by atoms with van der Waals surface area (Å²) < 4.78 is 1.90. The minimum atomic E-state index is 0.108. The number of aromatic nitrogens is 2. The molecule has 6 heteroatoms. The van der Waals surface area contributed by atoms with Gasteiger partial charge in [0.15, 0.2) is 0 Å². The fourth-order valence-corrected chi connectivity index (χ4v) is 5.57. The van der Waals surface area contributed by atoms with Crippen LogP contribution in [-0.2, 0) is 0 Å². The predicted octanol–water partition coefficient (Wildman–Crippen LogP) is 6.01. The summed E-state index contributed by atoms with van der Waals surface area (Å²) >= 11 is 5.99. The Morgan fingerprint density at radius 1 is 0.943 bits per heavy atom. The van der Waals surface area contributed by atoms with Gasteiger partial charge in [0, 0.05) is 37.2 Å². The van der Waals surface area contributed by atoms with E-state index in [-0.39, 0.29) is 5.91 Å². The Balaban J connectivity index is 1.32. The number of hydrogen-bond acceptors (Lipinski definition) is 3. The van der Waals surface area contributed by atoms with Crippen molar-refractivity contribution in [2.75, 3.05) is 26.2 Å². The van der Waals surface area contributed by atoms with E-state index in [4.69, 9.17) is 16.7 Å². The second-order valence-corrected chi connectivity index (χ2v) is 10.1. The number of amides is 1. The molecule has 0 N–H and O–H groups in total. The van der Waals surface area contributed by atoms with Crippen molar-refractivity contribution in [2.24, 2.45) is 0 Å². The second kappa shape index (κ2) is 10.4. The van der Waals surface area contributed by atoms with Gasteiger partial charge in [-0.1, -0.05) is 60.9 Å². The van der Waals surface area contributed by atoms with E-state index in [1.54, 1.807) is 0 Å². The van der Waals surface area contributed by atoms with Crippen molar-refractivity contribution in [1.82, 2.24) is 19.6 Å². The first kappa shape index (κ1) is 23.8. The smallest absolute Gasteiger partial charge is 0.257 e. The van der Waals surface area contributed by atoms with E-state index in [0.717, 1.165) is 71.0 Å². The molecule has 0 atom stereocenters. The van der Waals surface area contributed by atoms with Crippen molar-refractivity contribution in [3.63, 3.8) is 0 Å². The van der Waals surface area contributed by atoms with Crippen LogP contribution in [0.2, 0.25) is 5.02 Å². The fraction of sp³-hybridized carbons (Fsp3) is 0.379. The SMILES string of the molecule is Cc1nn(-c2cccc(C=Cc3ccc(Cl)cc3)c2)c(C)c1C(=O)N1CCN(C2CCCC2)CC1. The van der Waals surface area contributed by atoms with Gasteiger partial charge in [-0.15, -0.1) is 0 Å². The highest BCUT2D eigenvalue weighted by Crippen LogP contribution is 2.26. The Hall–Kier alpha value is -2.89. The van der Waals surface area contributed by atoms with Crippen LogP contribution in [0.3, 0.4) is 0 Å². The molecule has 1 aliphatic heterocycles. The summed E-state index contributed by atoms with van der Waals surface area (Å²) in [7, 11) is 0. The molecule has 2 aliphatic rings. The minimum absolute atomic E-state index is 0.108. The molecular weight excluding hydrogens is 456 g/mol. The molecule has 1 aliphatic carbocycles. The van der Waals surface area contributed by atoms with Crippen molar-refractivity contribution in [1.29, 1.82) is 0 Å². The van der Waals surface area contributed by atoms with Gasteiger partial charge in [-0.2, -0.15) is 5.10 Å². The highest BCUT2D eigenvalue weighted by molar-refractivity contribution is 6.30. The van der Waals surface area contributed by atoms with Crippen LogP contribution in [0.5, 0.6) is 0 Å². The molecule has 3 aromatic rings. The molecule has 35 heavy (non-hydrogen) atoms. The lowest BCUT2D eigenvalue weighted by Gasteiger charge is -2.38. The molecule has 2 fully saturated rings. The maximum atomic E-state index is 13.5. The molecule has 5 nitrogen and oxygen atoms in total. The number of carbonyl (C=O) groups is 1. The van der Waals surface area contributed by atoms with Crippen LogP contribution in [0.4, 0.5) is 0 Å². The standard InChI is InChI=1S/C29H33ClN4O/c1-21-28(29(35)33-18-16-32(17-19-33)26-7-3-4-8-26)22(2)34(31-21)27-9-5-6-24(20-27)11-10-23-12-14-25(30)15-13-23/h5-6,9-15,20,26H,3-4,7-8,16-19H2,1-2H3. The molecule has 182 valence electrons. The van der Waals surface area contributed by atoms with E-state index >= 15 is 0 Å². The first-order chi connectivity index (χ1) is 17.0. The molecule has 0 unspecified atom stereocenters. The molecule has 1 saturated carbocycles. The van der Waals surface area contributed by atoms with Crippen LogP contribution in [0, 0.1) is 13.8 Å². The molecular formula is C29H33ClN4O. The Labute approximate surface area is 213 Å². The average Bonchev–Trinajstić information content (AvgIpc) is 3.52. The molecule has 1 amide bonds. The number of hydrogen-bond donors (Lipinski definition) is 0. The zero-order valence-electron chi connectivity index (χ0n) is 20.6. The quantitative estimate of drug-likeness (QED) is 0.413. The second-order valence-electron chi connectivity index (χ2n) is 9.70. The lowest BCUT2D eigenvalue weighted by molar-refractivity contribution is 0.0572. The summed E-state index contributed by atoms with van der Waals surface area (Å²) in [5, 5.41) is 5.49. The van der Waals surface area contributed by atoms with E-state index in [1.165, 1.54) is 25.7 Å². The summed E-state index contributed by atoms with van der Waals surface area (Å²) in [5.41, 5.74) is 5.53. The molecule has 0 spiro atoms. The number of piperazine rings is 1. The van der Waals surface area contributed by atoms with Gasteiger partial charge in [0.1, 0.15) is 0 Å². The lowest BCUT2D eigenvalue weighted by atomic mass is 10.1. The predicted molar refractivity (Wildman–Crippen MR) is 143 cm³/mol. The van der Waals surface area contributed by atoms with Crippen molar-refractivity contribution in [2.45, 2.75) is 45.6 Å².